The number of hydrogen-bond acceptors (Lipinski definition) is 3. The fourth-order valence-electron chi connectivity index (χ4n) is 1.13. The molecule has 0 aromatic rings. The minimum absolute atomic E-state index is 0.0524. The lowest BCUT2D eigenvalue weighted by Crippen LogP contribution is -2.68. The zero-order valence-electron chi connectivity index (χ0n) is 7.09. The fourth-order valence-corrected chi connectivity index (χ4v) is 1.13. The summed E-state index contributed by atoms with van der Waals surface area (Å²) >= 11 is 0. The van der Waals surface area contributed by atoms with E-state index in [1.807, 2.05) is 6.92 Å². The maximum Gasteiger partial charge on any atom is 0.407 e. The smallest absolute Gasteiger partial charge is 0.407 e. The second-order valence-corrected chi connectivity index (χ2v) is 2.64. The van der Waals surface area contributed by atoms with E-state index in [0.29, 0.717) is 0 Å². The Morgan fingerprint density at radius 1 is 1.75 bits per heavy atom. The van der Waals surface area contributed by atoms with Gasteiger partial charge in [-0.1, -0.05) is 6.92 Å². The molecule has 2 N–H and O–H groups in total. The Kier molecular flexibility index (Phi) is 2.52. The van der Waals surface area contributed by atoms with Gasteiger partial charge < -0.3 is 15.4 Å². The van der Waals surface area contributed by atoms with Gasteiger partial charge in [0.1, 0.15) is 6.04 Å². The van der Waals surface area contributed by atoms with Gasteiger partial charge in [-0.25, -0.2) is 4.79 Å². The molecule has 12 heavy (non-hydrogen) atoms. The second kappa shape index (κ2) is 3.42. The molecule has 2 amide bonds. The summed E-state index contributed by atoms with van der Waals surface area (Å²) in [5.41, 5.74) is 0. The first-order chi connectivity index (χ1) is 5.69. The molecule has 1 fully saturated rings. The SMILES string of the molecule is CC[C@H]1NC(=O)[C@@H]1NC(=O)OC. The number of carbonyl (C=O) groups excluding carboxylic acids is 2. The van der Waals surface area contributed by atoms with E-state index in [4.69, 9.17) is 0 Å². The average Bonchev–Trinajstić information content (AvgIpc) is 2.09. The van der Waals surface area contributed by atoms with Crippen molar-refractivity contribution in [2.24, 2.45) is 0 Å². The van der Waals surface area contributed by atoms with Crippen molar-refractivity contribution < 1.29 is 14.3 Å². The van der Waals surface area contributed by atoms with Crippen molar-refractivity contribution in [1.82, 2.24) is 10.6 Å². The highest BCUT2D eigenvalue weighted by Crippen LogP contribution is 2.09. The molecule has 0 aromatic carbocycles. The summed E-state index contributed by atoms with van der Waals surface area (Å²) in [7, 11) is 1.27. The second-order valence-electron chi connectivity index (χ2n) is 2.64. The monoisotopic (exact) mass is 172 g/mol. The van der Waals surface area contributed by atoms with Gasteiger partial charge in [-0.15, -0.1) is 0 Å². The van der Waals surface area contributed by atoms with Crippen LogP contribution in [0.2, 0.25) is 0 Å². The summed E-state index contributed by atoms with van der Waals surface area (Å²) in [6, 6.07) is -0.362. The highest BCUT2D eigenvalue weighted by molar-refractivity contribution is 5.92. The molecular formula is C7H12N2O3. The molecule has 68 valence electrons. The van der Waals surface area contributed by atoms with E-state index in [1.165, 1.54) is 7.11 Å². The summed E-state index contributed by atoms with van der Waals surface area (Å²) in [5, 5.41) is 5.11. The minimum Gasteiger partial charge on any atom is -0.453 e. The van der Waals surface area contributed by atoms with Crippen molar-refractivity contribution in [3.8, 4) is 0 Å². The predicted octanol–water partition coefficient (Wildman–Crippen LogP) is -0.381. The molecule has 0 aliphatic carbocycles. The maximum atomic E-state index is 10.9. The Morgan fingerprint density at radius 2 is 2.42 bits per heavy atom. The summed E-state index contributed by atoms with van der Waals surface area (Å²) in [6.07, 6.45) is 0.244. The van der Waals surface area contributed by atoms with E-state index in [2.05, 4.69) is 15.4 Å². The number of rotatable bonds is 2. The van der Waals surface area contributed by atoms with Crippen LogP contribution in [0.1, 0.15) is 13.3 Å². The molecule has 1 heterocycles. The fraction of sp³-hybridized carbons (Fsp3) is 0.714. The third kappa shape index (κ3) is 1.49. The van der Waals surface area contributed by atoms with Crippen molar-refractivity contribution >= 4 is 12.0 Å². The Labute approximate surface area is 70.5 Å². The molecule has 1 saturated heterocycles. The van der Waals surface area contributed by atoms with Gasteiger partial charge in [-0.3, -0.25) is 4.79 Å². The zero-order chi connectivity index (χ0) is 9.14. The normalized spacial score (nSPS) is 27.0. The molecule has 1 aliphatic heterocycles. The number of nitrogens with one attached hydrogen (secondary N) is 2. The maximum absolute atomic E-state index is 10.9. The highest BCUT2D eigenvalue weighted by atomic mass is 16.5. The van der Waals surface area contributed by atoms with Gasteiger partial charge in [-0.2, -0.15) is 0 Å². The quantitative estimate of drug-likeness (QED) is 0.558. The van der Waals surface area contributed by atoms with Crippen LogP contribution in [0.4, 0.5) is 4.79 Å². The molecule has 5 nitrogen and oxygen atoms in total. The Bertz CT molecular complexity index is 203. The van der Waals surface area contributed by atoms with Crippen molar-refractivity contribution in [2.45, 2.75) is 25.4 Å². The molecule has 2 atom stereocenters. The molecule has 0 radical (unpaired) electrons. The molecule has 1 rings (SSSR count). The molecule has 0 bridgehead atoms. The summed E-state index contributed by atoms with van der Waals surface area (Å²) in [5.74, 6) is -0.146. The van der Waals surface area contributed by atoms with E-state index < -0.39 is 12.1 Å². The first kappa shape index (κ1) is 8.83. The Balaban J connectivity index is 2.40. The number of β-lactam (4-membered cyclic amide) rings is 1. The molecule has 5 heteroatoms. The van der Waals surface area contributed by atoms with Crippen LogP contribution in [0.5, 0.6) is 0 Å². The van der Waals surface area contributed by atoms with Crippen LogP contribution in [-0.4, -0.2) is 31.2 Å². The topological polar surface area (TPSA) is 67.4 Å². The van der Waals surface area contributed by atoms with Gasteiger partial charge in [0.25, 0.3) is 0 Å². The van der Waals surface area contributed by atoms with Crippen molar-refractivity contribution in [1.29, 1.82) is 0 Å². The van der Waals surface area contributed by atoms with E-state index in [1.54, 1.807) is 0 Å². The molecule has 0 aromatic heterocycles. The van der Waals surface area contributed by atoms with Crippen LogP contribution in [0.15, 0.2) is 0 Å². The first-order valence-electron chi connectivity index (χ1n) is 3.84. The lowest BCUT2D eigenvalue weighted by atomic mass is 9.97. The Hall–Kier alpha value is -1.26. The molecule has 1 aliphatic rings. The van der Waals surface area contributed by atoms with Crippen LogP contribution in [-0.2, 0) is 9.53 Å². The molecular weight excluding hydrogens is 160 g/mol. The standard InChI is InChI=1S/C7H12N2O3/c1-3-4-5(6(10)8-4)9-7(11)12-2/h4-5H,3H2,1-2H3,(H,8,10)(H,9,11)/t4-,5-/m1/s1. The summed E-state index contributed by atoms with van der Waals surface area (Å²) in [6.45, 7) is 1.94. The van der Waals surface area contributed by atoms with Crippen LogP contribution < -0.4 is 10.6 Å². The molecule has 0 spiro atoms. The summed E-state index contributed by atoms with van der Waals surface area (Å²) < 4.78 is 4.37. The zero-order valence-corrected chi connectivity index (χ0v) is 7.09. The molecule has 0 saturated carbocycles. The van der Waals surface area contributed by atoms with Crippen molar-refractivity contribution in [2.75, 3.05) is 7.11 Å². The van der Waals surface area contributed by atoms with Crippen LogP contribution in [0.25, 0.3) is 0 Å². The minimum atomic E-state index is -0.562. The van der Waals surface area contributed by atoms with Gasteiger partial charge >= 0.3 is 6.09 Å². The number of carbonyl (C=O) groups is 2. The van der Waals surface area contributed by atoms with E-state index >= 15 is 0 Å². The van der Waals surface area contributed by atoms with Crippen LogP contribution in [0.3, 0.4) is 0 Å². The van der Waals surface area contributed by atoms with Crippen LogP contribution in [0, 0.1) is 0 Å². The number of ether oxygens (including phenoxy) is 1. The van der Waals surface area contributed by atoms with Gasteiger partial charge in [0.15, 0.2) is 0 Å². The number of methoxy groups -OCH3 is 1. The highest BCUT2D eigenvalue weighted by Gasteiger charge is 2.39. The first-order valence-corrected chi connectivity index (χ1v) is 3.84. The van der Waals surface area contributed by atoms with Gasteiger partial charge in [0, 0.05) is 0 Å². The van der Waals surface area contributed by atoms with Crippen molar-refractivity contribution in [3.05, 3.63) is 0 Å². The van der Waals surface area contributed by atoms with E-state index in [0.717, 1.165) is 6.42 Å². The van der Waals surface area contributed by atoms with E-state index in [9.17, 15) is 9.59 Å². The number of alkyl carbamates (subject to hydrolysis) is 1. The lowest BCUT2D eigenvalue weighted by molar-refractivity contribution is -0.131. The number of amides is 2. The number of hydrogen-bond donors (Lipinski definition) is 2. The third-order valence-corrected chi connectivity index (χ3v) is 1.91. The van der Waals surface area contributed by atoms with Crippen LogP contribution >= 0.6 is 0 Å². The van der Waals surface area contributed by atoms with Gasteiger partial charge in [0.2, 0.25) is 5.91 Å². The molecule has 0 unspecified atom stereocenters. The largest absolute Gasteiger partial charge is 0.453 e. The van der Waals surface area contributed by atoms with Gasteiger partial charge in [-0.05, 0) is 6.42 Å². The summed E-state index contributed by atoms with van der Waals surface area (Å²) in [4.78, 5) is 21.6. The lowest BCUT2D eigenvalue weighted by Gasteiger charge is -2.35. The van der Waals surface area contributed by atoms with Crippen molar-refractivity contribution in [3.63, 3.8) is 0 Å². The van der Waals surface area contributed by atoms with E-state index in [-0.39, 0.29) is 11.9 Å². The average molecular weight is 172 g/mol. The van der Waals surface area contributed by atoms with Gasteiger partial charge in [0.05, 0.1) is 13.2 Å². The Morgan fingerprint density at radius 3 is 2.83 bits per heavy atom. The third-order valence-electron chi connectivity index (χ3n) is 1.91. The predicted molar refractivity (Wildman–Crippen MR) is 41.6 cm³/mol.